The van der Waals surface area contributed by atoms with Crippen molar-refractivity contribution in [2.24, 2.45) is 0 Å². The Hall–Kier alpha value is -1.89. The van der Waals surface area contributed by atoms with Gasteiger partial charge in [0, 0.05) is 0 Å². The van der Waals surface area contributed by atoms with Gasteiger partial charge in [0.2, 0.25) is 0 Å². The van der Waals surface area contributed by atoms with Crippen LogP contribution in [0.25, 0.3) is 11.5 Å². The minimum absolute atomic E-state index is 0.0467. The van der Waals surface area contributed by atoms with Crippen LogP contribution in [0.4, 0.5) is 13.2 Å². The first-order chi connectivity index (χ1) is 9.66. The molecule has 1 aromatic carbocycles. The number of hydrogen-bond donors (Lipinski definition) is 1. The molecule has 1 aliphatic rings. The monoisotopic (exact) mass is 283 g/mol. The molecule has 1 atom stereocenters. The van der Waals surface area contributed by atoms with Crippen molar-refractivity contribution < 1.29 is 17.7 Å². The lowest BCUT2D eigenvalue weighted by atomic mass is 10.0. The molecule has 3 rings (SSSR count). The minimum atomic E-state index is -1.54. The number of nitrogens with zero attached hydrogens (tertiary/aromatic N) is 2. The highest BCUT2D eigenvalue weighted by Gasteiger charge is 2.23. The van der Waals surface area contributed by atoms with E-state index in [0.717, 1.165) is 37.9 Å². The van der Waals surface area contributed by atoms with Gasteiger partial charge in [-0.25, -0.2) is 13.2 Å². The van der Waals surface area contributed by atoms with E-state index in [1.54, 1.807) is 0 Å². The Kier molecular flexibility index (Phi) is 3.43. The molecule has 0 radical (unpaired) electrons. The van der Waals surface area contributed by atoms with Gasteiger partial charge >= 0.3 is 0 Å². The summed E-state index contributed by atoms with van der Waals surface area (Å²) in [5.74, 6) is -3.86. The number of nitrogens with one attached hydrogen (secondary N) is 1. The summed E-state index contributed by atoms with van der Waals surface area (Å²) in [7, 11) is 0. The van der Waals surface area contributed by atoms with Gasteiger partial charge in [0.15, 0.2) is 23.3 Å². The van der Waals surface area contributed by atoms with Crippen LogP contribution in [0.15, 0.2) is 16.7 Å². The summed E-state index contributed by atoms with van der Waals surface area (Å²) in [6.07, 6.45) is 2.99. The van der Waals surface area contributed by atoms with Crippen molar-refractivity contribution in [3.63, 3.8) is 0 Å². The van der Waals surface area contributed by atoms with Crippen molar-refractivity contribution in [3.05, 3.63) is 35.4 Å². The highest BCUT2D eigenvalue weighted by atomic mass is 19.2. The summed E-state index contributed by atoms with van der Waals surface area (Å²) in [5, 5.41) is 7.00. The predicted octanol–water partition coefficient (Wildman–Crippen LogP) is 2.97. The predicted molar refractivity (Wildman–Crippen MR) is 64.2 cm³/mol. The van der Waals surface area contributed by atoms with E-state index in [1.807, 2.05) is 0 Å². The molecule has 106 valence electrons. The third kappa shape index (κ3) is 2.29. The fraction of sp³-hybridized carbons (Fsp3) is 0.385. The van der Waals surface area contributed by atoms with Gasteiger partial charge in [0.25, 0.3) is 5.89 Å². The van der Waals surface area contributed by atoms with E-state index < -0.39 is 17.5 Å². The van der Waals surface area contributed by atoms with Gasteiger partial charge < -0.3 is 9.84 Å². The van der Waals surface area contributed by atoms with Crippen molar-refractivity contribution >= 4 is 0 Å². The quantitative estimate of drug-likeness (QED) is 0.861. The second kappa shape index (κ2) is 5.24. The van der Waals surface area contributed by atoms with E-state index in [-0.39, 0.29) is 17.5 Å². The molecule has 4 nitrogen and oxygen atoms in total. The fourth-order valence-corrected chi connectivity index (χ4v) is 2.25. The van der Waals surface area contributed by atoms with Crippen molar-refractivity contribution in [2.75, 3.05) is 6.54 Å². The number of halogens is 3. The highest BCUT2D eigenvalue weighted by molar-refractivity contribution is 5.54. The van der Waals surface area contributed by atoms with Crippen molar-refractivity contribution in [1.29, 1.82) is 0 Å². The van der Waals surface area contributed by atoms with E-state index >= 15 is 0 Å². The maximum absolute atomic E-state index is 13.6. The molecule has 0 aliphatic carbocycles. The van der Waals surface area contributed by atoms with Crippen molar-refractivity contribution in [2.45, 2.75) is 25.3 Å². The van der Waals surface area contributed by atoms with Crippen LogP contribution in [0.3, 0.4) is 0 Å². The lowest BCUT2D eigenvalue weighted by Gasteiger charge is -2.19. The van der Waals surface area contributed by atoms with Crippen molar-refractivity contribution in [3.8, 4) is 11.5 Å². The summed E-state index contributed by atoms with van der Waals surface area (Å²) in [6.45, 7) is 0.855. The average molecular weight is 283 g/mol. The molecule has 1 unspecified atom stereocenters. The number of piperidine rings is 1. The van der Waals surface area contributed by atoms with E-state index in [1.165, 1.54) is 0 Å². The summed E-state index contributed by atoms with van der Waals surface area (Å²) in [4.78, 5) is 4.07. The van der Waals surface area contributed by atoms with Gasteiger partial charge in [0.1, 0.15) is 0 Å². The summed E-state index contributed by atoms with van der Waals surface area (Å²) in [5.41, 5.74) is -0.238. The third-order valence-electron chi connectivity index (χ3n) is 3.33. The Labute approximate surface area is 113 Å². The Morgan fingerprint density at radius 1 is 1.15 bits per heavy atom. The zero-order valence-corrected chi connectivity index (χ0v) is 10.5. The largest absolute Gasteiger partial charge is 0.334 e. The second-order valence-electron chi connectivity index (χ2n) is 4.68. The van der Waals surface area contributed by atoms with Gasteiger partial charge in [-0.3, -0.25) is 0 Å². The summed E-state index contributed by atoms with van der Waals surface area (Å²) in [6, 6.07) is 1.87. The first kappa shape index (κ1) is 13.1. The third-order valence-corrected chi connectivity index (χ3v) is 3.33. The van der Waals surface area contributed by atoms with Crippen LogP contribution in [-0.4, -0.2) is 16.7 Å². The molecule has 1 N–H and O–H groups in total. The maximum atomic E-state index is 13.6. The summed E-state index contributed by atoms with van der Waals surface area (Å²) < 4.78 is 44.7. The van der Waals surface area contributed by atoms with Crippen LogP contribution in [0, 0.1) is 17.5 Å². The first-order valence-electron chi connectivity index (χ1n) is 6.37. The molecular weight excluding hydrogens is 271 g/mol. The Bertz CT molecular complexity index is 623. The van der Waals surface area contributed by atoms with Crippen LogP contribution in [-0.2, 0) is 0 Å². The number of aromatic nitrogens is 2. The highest BCUT2D eigenvalue weighted by Crippen LogP contribution is 2.27. The van der Waals surface area contributed by atoms with Crippen LogP contribution in [0.2, 0.25) is 0 Å². The molecule has 0 amide bonds. The molecule has 20 heavy (non-hydrogen) atoms. The molecule has 1 aliphatic heterocycles. The Morgan fingerprint density at radius 3 is 2.75 bits per heavy atom. The number of benzene rings is 1. The van der Waals surface area contributed by atoms with Crippen LogP contribution >= 0.6 is 0 Å². The zero-order valence-electron chi connectivity index (χ0n) is 10.5. The maximum Gasteiger partial charge on any atom is 0.261 e. The van der Waals surface area contributed by atoms with Gasteiger partial charge in [-0.2, -0.15) is 4.98 Å². The molecule has 1 aromatic heterocycles. The van der Waals surface area contributed by atoms with Gasteiger partial charge in [-0.15, -0.1) is 0 Å². The Morgan fingerprint density at radius 2 is 2.00 bits per heavy atom. The second-order valence-corrected chi connectivity index (χ2v) is 4.68. The first-order valence-corrected chi connectivity index (χ1v) is 6.37. The van der Waals surface area contributed by atoms with Crippen molar-refractivity contribution in [1.82, 2.24) is 15.5 Å². The molecular formula is C13H12F3N3O. The molecule has 2 aromatic rings. The summed E-state index contributed by atoms with van der Waals surface area (Å²) >= 11 is 0. The topological polar surface area (TPSA) is 51.0 Å². The standard InChI is InChI=1S/C13H12F3N3O/c14-8-5-4-7(10(15)11(8)16)13-18-12(19-20-13)9-3-1-2-6-17-9/h4-5,9,17H,1-3,6H2. The van der Waals surface area contributed by atoms with Crippen LogP contribution in [0.5, 0.6) is 0 Å². The smallest absolute Gasteiger partial charge is 0.261 e. The molecule has 1 saturated heterocycles. The lowest BCUT2D eigenvalue weighted by molar-refractivity contribution is 0.366. The van der Waals surface area contributed by atoms with E-state index in [4.69, 9.17) is 4.52 Å². The SMILES string of the molecule is Fc1ccc(-c2nc(C3CCCCN3)no2)c(F)c1F. The lowest BCUT2D eigenvalue weighted by Crippen LogP contribution is -2.27. The molecule has 0 saturated carbocycles. The number of rotatable bonds is 2. The van der Waals surface area contributed by atoms with Gasteiger partial charge in [0.05, 0.1) is 11.6 Å². The van der Waals surface area contributed by atoms with Crippen LogP contribution in [0.1, 0.15) is 31.1 Å². The average Bonchev–Trinajstić information content (AvgIpc) is 2.95. The number of hydrogen-bond acceptors (Lipinski definition) is 4. The van der Waals surface area contributed by atoms with E-state index in [0.29, 0.717) is 5.82 Å². The molecule has 0 bridgehead atoms. The normalized spacial score (nSPS) is 19.2. The Balaban J connectivity index is 1.92. The van der Waals surface area contributed by atoms with E-state index in [9.17, 15) is 13.2 Å². The minimum Gasteiger partial charge on any atom is -0.334 e. The zero-order chi connectivity index (χ0) is 14.1. The molecule has 1 fully saturated rings. The van der Waals surface area contributed by atoms with Crippen LogP contribution < -0.4 is 5.32 Å². The fourth-order valence-electron chi connectivity index (χ4n) is 2.25. The molecule has 7 heteroatoms. The molecule has 2 heterocycles. The van der Waals surface area contributed by atoms with E-state index in [2.05, 4.69) is 15.5 Å². The van der Waals surface area contributed by atoms with Gasteiger partial charge in [-0.05, 0) is 31.5 Å². The van der Waals surface area contributed by atoms with Gasteiger partial charge in [-0.1, -0.05) is 11.6 Å². The molecule has 0 spiro atoms.